The number of nitrogens with zero attached hydrogens (tertiary/aromatic N) is 4. The zero-order valence-electron chi connectivity index (χ0n) is 12.4. The Morgan fingerprint density at radius 2 is 2.18 bits per heavy atom. The topological polar surface area (TPSA) is 76.7 Å². The number of fused-ring (bicyclic) bond motifs is 3. The summed E-state index contributed by atoms with van der Waals surface area (Å²) >= 11 is 1.82. The van der Waals surface area contributed by atoms with E-state index in [9.17, 15) is 0 Å². The van der Waals surface area contributed by atoms with E-state index in [2.05, 4.69) is 25.4 Å². The number of anilines is 1. The fraction of sp³-hybridized carbons (Fsp3) is 0.467. The molecule has 6 nitrogen and oxygen atoms in total. The van der Waals surface area contributed by atoms with E-state index < -0.39 is 0 Å². The van der Waals surface area contributed by atoms with E-state index in [4.69, 9.17) is 4.52 Å². The molecule has 0 amide bonds. The Morgan fingerprint density at radius 3 is 3.05 bits per heavy atom. The molecular weight excluding hydrogens is 298 g/mol. The summed E-state index contributed by atoms with van der Waals surface area (Å²) in [4.78, 5) is 15.7. The van der Waals surface area contributed by atoms with Gasteiger partial charge in [0.1, 0.15) is 17.0 Å². The van der Waals surface area contributed by atoms with Gasteiger partial charge in [0, 0.05) is 17.8 Å². The molecule has 1 aliphatic rings. The lowest BCUT2D eigenvalue weighted by molar-refractivity contribution is 0.377. The molecule has 0 saturated carbocycles. The Hall–Kier alpha value is -2.02. The van der Waals surface area contributed by atoms with Gasteiger partial charge in [-0.1, -0.05) is 5.16 Å². The third kappa shape index (κ3) is 2.45. The molecule has 4 rings (SSSR count). The molecular formula is C15H17N5OS. The Labute approximate surface area is 132 Å². The van der Waals surface area contributed by atoms with Gasteiger partial charge in [-0.25, -0.2) is 9.97 Å². The van der Waals surface area contributed by atoms with Gasteiger partial charge in [0.2, 0.25) is 5.89 Å². The maximum Gasteiger partial charge on any atom is 0.228 e. The summed E-state index contributed by atoms with van der Waals surface area (Å²) in [7, 11) is 0. The van der Waals surface area contributed by atoms with Gasteiger partial charge in [0.15, 0.2) is 5.82 Å². The van der Waals surface area contributed by atoms with E-state index in [1.54, 1.807) is 6.33 Å². The number of nitrogens with one attached hydrogen (secondary N) is 1. The Bertz CT molecular complexity index is 809. The summed E-state index contributed by atoms with van der Waals surface area (Å²) in [6.07, 6.45) is 7.19. The minimum Gasteiger partial charge on any atom is -0.369 e. The van der Waals surface area contributed by atoms with Crippen LogP contribution in [0.5, 0.6) is 0 Å². The molecule has 0 atom stereocenters. The van der Waals surface area contributed by atoms with Crippen LogP contribution in [0.25, 0.3) is 10.2 Å². The molecule has 0 unspecified atom stereocenters. The van der Waals surface area contributed by atoms with Crippen LogP contribution >= 0.6 is 11.3 Å². The summed E-state index contributed by atoms with van der Waals surface area (Å²) < 4.78 is 5.13. The van der Waals surface area contributed by atoms with Crippen molar-refractivity contribution in [3.8, 4) is 0 Å². The van der Waals surface area contributed by atoms with E-state index in [1.165, 1.54) is 35.1 Å². The van der Waals surface area contributed by atoms with Crippen molar-refractivity contribution in [3.05, 3.63) is 28.5 Å². The Balaban J connectivity index is 1.57. The average molecular weight is 315 g/mol. The average Bonchev–Trinajstić information content (AvgIpc) is 3.11. The summed E-state index contributed by atoms with van der Waals surface area (Å²) in [5, 5.41) is 8.43. The highest BCUT2D eigenvalue weighted by Gasteiger charge is 2.19. The molecule has 0 fully saturated rings. The lowest BCUT2D eigenvalue weighted by atomic mass is 9.97. The van der Waals surface area contributed by atoms with Crippen molar-refractivity contribution in [2.75, 3.05) is 11.9 Å². The first-order valence-electron chi connectivity index (χ1n) is 7.59. The molecule has 1 aliphatic carbocycles. The highest BCUT2D eigenvalue weighted by Crippen LogP contribution is 2.37. The molecule has 0 spiro atoms. The summed E-state index contributed by atoms with van der Waals surface area (Å²) in [5.74, 6) is 2.26. The summed E-state index contributed by atoms with van der Waals surface area (Å²) in [6.45, 7) is 2.55. The Morgan fingerprint density at radius 1 is 1.27 bits per heavy atom. The van der Waals surface area contributed by atoms with E-state index in [1.807, 2.05) is 18.3 Å². The van der Waals surface area contributed by atoms with E-state index in [0.29, 0.717) is 18.1 Å². The highest BCUT2D eigenvalue weighted by molar-refractivity contribution is 7.19. The van der Waals surface area contributed by atoms with Crippen molar-refractivity contribution in [1.29, 1.82) is 0 Å². The number of aryl methyl sites for hydroxylation is 3. The van der Waals surface area contributed by atoms with Crippen molar-refractivity contribution in [3.63, 3.8) is 0 Å². The molecule has 3 heterocycles. The van der Waals surface area contributed by atoms with Gasteiger partial charge < -0.3 is 9.84 Å². The van der Waals surface area contributed by atoms with Gasteiger partial charge in [-0.2, -0.15) is 4.98 Å². The second-order valence-electron chi connectivity index (χ2n) is 5.53. The number of hydrogen-bond acceptors (Lipinski definition) is 7. The first-order chi connectivity index (χ1) is 10.8. The summed E-state index contributed by atoms with van der Waals surface area (Å²) in [6, 6.07) is 0. The minimum atomic E-state index is 0.655. The molecule has 3 aromatic heterocycles. The van der Waals surface area contributed by atoms with Gasteiger partial charge in [-0.3, -0.25) is 0 Å². The normalized spacial score (nSPS) is 14.2. The largest absolute Gasteiger partial charge is 0.369 e. The molecule has 0 aromatic carbocycles. The molecule has 3 aromatic rings. The first-order valence-corrected chi connectivity index (χ1v) is 8.41. The van der Waals surface area contributed by atoms with Crippen LogP contribution < -0.4 is 5.32 Å². The molecule has 114 valence electrons. The maximum atomic E-state index is 5.13. The van der Waals surface area contributed by atoms with Crippen LogP contribution in [-0.2, 0) is 19.3 Å². The molecule has 1 N–H and O–H groups in total. The van der Waals surface area contributed by atoms with Gasteiger partial charge in [-0.15, -0.1) is 11.3 Å². The van der Waals surface area contributed by atoms with E-state index in [0.717, 1.165) is 23.6 Å². The second kappa shape index (κ2) is 5.64. The van der Waals surface area contributed by atoms with Crippen LogP contribution in [0.3, 0.4) is 0 Å². The molecule has 0 bridgehead atoms. The van der Waals surface area contributed by atoms with Crippen molar-refractivity contribution >= 4 is 27.4 Å². The zero-order valence-corrected chi connectivity index (χ0v) is 13.2. The maximum absolute atomic E-state index is 5.13. The standard InChI is InChI=1S/C15H17N5OS/c1-9-19-12(21-20-9)6-7-16-14-13-10-4-2-3-5-11(10)22-15(13)18-8-17-14/h8H,2-7H2,1H3,(H,16,17,18). The molecule has 0 saturated heterocycles. The fourth-order valence-electron chi connectivity index (χ4n) is 2.95. The van der Waals surface area contributed by atoms with Crippen molar-refractivity contribution < 1.29 is 4.52 Å². The van der Waals surface area contributed by atoms with E-state index in [-0.39, 0.29) is 0 Å². The van der Waals surface area contributed by atoms with Crippen LogP contribution in [0.2, 0.25) is 0 Å². The quantitative estimate of drug-likeness (QED) is 0.797. The SMILES string of the molecule is Cc1noc(CCNc2ncnc3sc4c(c23)CCCC4)n1. The number of aromatic nitrogens is 4. The second-order valence-corrected chi connectivity index (χ2v) is 6.61. The third-order valence-corrected chi connectivity index (χ3v) is 5.15. The van der Waals surface area contributed by atoms with Crippen LogP contribution in [0, 0.1) is 6.92 Å². The smallest absolute Gasteiger partial charge is 0.228 e. The lowest BCUT2D eigenvalue weighted by Crippen LogP contribution is -2.08. The Kier molecular flexibility index (Phi) is 3.49. The van der Waals surface area contributed by atoms with Crippen molar-refractivity contribution in [1.82, 2.24) is 20.1 Å². The highest BCUT2D eigenvalue weighted by atomic mass is 32.1. The van der Waals surface area contributed by atoms with Crippen LogP contribution in [-0.4, -0.2) is 26.7 Å². The lowest BCUT2D eigenvalue weighted by Gasteiger charge is -2.12. The van der Waals surface area contributed by atoms with Gasteiger partial charge >= 0.3 is 0 Å². The van der Waals surface area contributed by atoms with E-state index >= 15 is 0 Å². The first kappa shape index (κ1) is 13.6. The van der Waals surface area contributed by atoms with Crippen molar-refractivity contribution in [2.45, 2.75) is 39.0 Å². The molecule has 0 radical (unpaired) electrons. The van der Waals surface area contributed by atoms with Crippen LogP contribution in [0.1, 0.15) is 35.0 Å². The summed E-state index contributed by atoms with van der Waals surface area (Å²) in [5.41, 5.74) is 1.45. The molecule has 0 aliphatic heterocycles. The van der Waals surface area contributed by atoms with Crippen LogP contribution in [0.15, 0.2) is 10.9 Å². The molecule has 7 heteroatoms. The van der Waals surface area contributed by atoms with Crippen molar-refractivity contribution in [2.24, 2.45) is 0 Å². The predicted octanol–water partition coefficient (Wildman–Crippen LogP) is 2.92. The van der Waals surface area contributed by atoms with Crippen LogP contribution in [0.4, 0.5) is 5.82 Å². The minimum absolute atomic E-state index is 0.655. The van der Waals surface area contributed by atoms with Gasteiger partial charge in [-0.05, 0) is 38.2 Å². The fourth-order valence-corrected chi connectivity index (χ4v) is 4.18. The van der Waals surface area contributed by atoms with Gasteiger partial charge in [0.05, 0.1) is 5.39 Å². The number of rotatable bonds is 4. The predicted molar refractivity (Wildman–Crippen MR) is 85.3 cm³/mol. The zero-order chi connectivity index (χ0) is 14.9. The molecule has 22 heavy (non-hydrogen) atoms. The third-order valence-electron chi connectivity index (χ3n) is 3.95. The number of hydrogen-bond donors (Lipinski definition) is 1. The number of thiophene rings is 1. The monoisotopic (exact) mass is 315 g/mol. The van der Waals surface area contributed by atoms with Gasteiger partial charge in [0.25, 0.3) is 0 Å².